The molecule has 1 aliphatic rings. The number of rotatable bonds is 3. The molecule has 1 aliphatic heterocycles. The lowest BCUT2D eigenvalue weighted by Crippen LogP contribution is -2.44. The van der Waals surface area contributed by atoms with Gasteiger partial charge in [-0.15, -0.1) is 0 Å². The van der Waals surface area contributed by atoms with Crippen molar-refractivity contribution >= 4 is 46.2 Å². The number of nitrogens with one attached hydrogen (secondary N) is 1. The van der Waals surface area contributed by atoms with Crippen LogP contribution in [0.5, 0.6) is 11.5 Å². The van der Waals surface area contributed by atoms with Gasteiger partial charge in [0.05, 0.1) is 10.5 Å². The Morgan fingerprint density at radius 2 is 2.08 bits per heavy atom. The van der Waals surface area contributed by atoms with Crippen molar-refractivity contribution in [2.75, 3.05) is 0 Å². The Bertz CT molecular complexity index is 900. The van der Waals surface area contributed by atoms with Crippen LogP contribution in [0.1, 0.15) is 15.9 Å². The minimum absolute atomic E-state index is 0.177. The second-order valence-corrected chi connectivity index (χ2v) is 6.62. The number of carbonyl (C=O) groups is 2. The molecule has 0 unspecified atom stereocenters. The summed E-state index contributed by atoms with van der Waals surface area (Å²) in [5.41, 5.74) is 3.25. The predicted molar refractivity (Wildman–Crippen MR) is 96.5 cm³/mol. The molecule has 0 aliphatic carbocycles. The number of aromatic nitrogens is 1. The zero-order valence-corrected chi connectivity index (χ0v) is 14.2. The van der Waals surface area contributed by atoms with Gasteiger partial charge in [0.2, 0.25) is 0 Å². The van der Waals surface area contributed by atoms with E-state index in [0.29, 0.717) is 11.1 Å². The summed E-state index contributed by atoms with van der Waals surface area (Å²) >= 11 is 6.15. The maximum Gasteiger partial charge on any atom is 0.285 e. The van der Waals surface area contributed by atoms with Crippen LogP contribution in [0.2, 0.25) is 0 Å². The Morgan fingerprint density at radius 3 is 2.76 bits per heavy atom. The van der Waals surface area contributed by atoms with Gasteiger partial charge in [-0.25, -0.2) is 0 Å². The molecular weight excluding hydrogens is 362 g/mol. The first-order chi connectivity index (χ1) is 12.0. The van der Waals surface area contributed by atoms with Gasteiger partial charge in [-0.05, 0) is 48.1 Å². The van der Waals surface area contributed by atoms with E-state index in [-0.39, 0.29) is 20.7 Å². The van der Waals surface area contributed by atoms with Crippen molar-refractivity contribution in [1.29, 1.82) is 0 Å². The quantitative estimate of drug-likeness (QED) is 0.430. The smallest absolute Gasteiger partial charge is 0.285 e. The van der Waals surface area contributed by atoms with E-state index in [1.807, 2.05) is 0 Å². The minimum atomic E-state index is -0.507. The highest BCUT2D eigenvalue weighted by molar-refractivity contribution is 8.26. The fourth-order valence-corrected chi connectivity index (χ4v) is 3.19. The number of carbonyl (C=O) groups excluding carboxylic acids is 2. The lowest BCUT2D eigenvalue weighted by atomic mass is 10.2. The molecule has 2 amide bonds. The molecule has 1 fully saturated rings. The molecule has 0 atom stereocenters. The molecule has 9 heteroatoms. The van der Waals surface area contributed by atoms with Crippen molar-refractivity contribution in [3.63, 3.8) is 0 Å². The first-order valence-corrected chi connectivity index (χ1v) is 8.19. The van der Waals surface area contributed by atoms with Crippen LogP contribution in [-0.4, -0.2) is 36.3 Å². The van der Waals surface area contributed by atoms with Crippen molar-refractivity contribution < 1.29 is 19.8 Å². The summed E-state index contributed by atoms with van der Waals surface area (Å²) < 4.78 is 0.177. The van der Waals surface area contributed by atoms with E-state index in [9.17, 15) is 19.8 Å². The lowest BCUT2D eigenvalue weighted by molar-refractivity contribution is -0.123. The Balaban J connectivity index is 1.79. The molecule has 25 heavy (non-hydrogen) atoms. The number of pyridine rings is 1. The topological polar surface area (TPSA) is 103 Å². The number of thioether (sulfide) groups is 1. The van der Waals surface area contributed by atoms with Crippen LogP contribution in [0.4, 0.5) is 0 Å². The third-order valence-electron chi connectivity index (χ3n) is 3.23. The molecule has 1 saturated heterocycles. The normalized spacial score (nSPS) is 15.7. The molecule has 1 aromatic heterocycles. The fourth-order valence-electron chi connectivity index (χ4n) is 2.01. The Morgan fingerprint density at radius 1 is 1.28 bits per heavy atom. The summed E-state index contributed by atoms with van der Waals surface area (Å²) in [5.74, 6) is -1.55. The summed E-state index contributed by atoms with van der Waals surface area (Å²) in [5, 5.41) is 19.8. The van der Waals surface area contributed by atoms with Gasteiger partial charge in [0, 0.05) is 12.4 Å². The molecule has 0 saturated carbocycles. The Kier molecular flexibility index (Phi) is 4.68. The minimum Gasteiger partial charge on any atom is -0.504 e. The largest absolute Gasteiger partial charge is 0.504 e. The maximum absolute atomic E-state index is 12.4. The molecule has 2 heterocycles. The standard InChI is InChI=1S/C16H11N3O4S2/c20-11-4-3-9(6-12(11)21)7-13-15(23)19(16(24)25-13)18-14(22)10-2-1-5-17-8-10/h1-8,20-21H,(H,18,22)/b13-7+. The Labute approximate surface area is 152 Å². The number of hydrogen-bond acceptors (Lipinski definition) is 7. The summed E-state index contributed by atoms with van der Waals surface area (Å²) in [6, 6.07) is 7.34. The van der Waals surface area contributed by atoms with Crippen molar-refractivity contribution in [3.8, 4) is 11.5 Å². The molecule has 3 rings (SSSR count). The summed E-state index contributed by atoms with van der Waals surface area (Å²) in [7, 11) is 0. The van der Waals surface area contributed by atoms with Gasteiger partial charge in [-0.1, -0.05) is 17.8 Å². The highest BCUT2D eigenvalue weighted by Crippen LogP contribution is 2.33. The third-order valence-corrected chi connectivity index (χ3v) is 4.53. The average Bonchev–Trinajstić information content (AvgIpc) is 2.86. The zero-order valence-electron chi connectivity index (χ0n) is 12.5. The van der Waals surface area contributed by atoms with Crippen LogP contribution in [0.3, 0.4) is 0 Å². The number of benzene rings is 1. The molecule has 2 aromatic rings. The van der Waals surface area contributed by atoms with Crippen LogP contribution in [0.25, 0.3) is 6.08 Å². The molecule has 0 bridgehead atoms. The highest BCUT2D eigenvalue weighted by Gasteiger charge is 2.33. The SMILES string of the molecule is O=C(NN1C(=O)/C(=C\c2ccc(O)c(O)c2)SC1=S)c1cccnc1. The van der Waals surface area contributed by atoms with Crippen molar-refractivity contribution in [1.82, 2.24) is 15.4 Å². The Hall–Kier alpha value is -2.91. The number of hydrazine groups is 1. The van der Waals surface area contributed by atoms with Crippen LogP contribution < -0.4 is 5.43 Å². The number of thiocarbonyl (C=S) groups is 1. The molecule has 126 valence electrons. The number of phenols is 2. The number of amides is 2. The number of aromatic hydroxyl groups is 2. The monoisotopic (exact) mass is 373 g/mol. The van der Waals surface area contributed by atoms with E-state index in [2.05, 4.69) is 10.4 Å². The van der Waals surface area contributed by atoms with E-state index in [1.54, 1.807) is 12.1 Å². The fraction of sp³-hybridized carbons (Fsp3) is 0. The second kappa shape index (κ2) is 6.91. The number of nitrogens with zero attached hydrogens (tertiary/aromatic N) is 2. The zero-order chi connectivity index (χ0) is 18.0. The van der Waals surface area contributed by atoms with E-state index in [1.165, 1.54) is 36.7 Å². The highest BCUT2D eigenvalue weighted by atomic mass is 32.2. The van der Waals surface area contributed by atoms with Crippen LogP contribution in [0, 0.1) is 0 Å². The van der Waals surface area contributed by atoms with Gasteiger partial charge < -0.3 is 10.2 Å². The van der Waals surface area contributed by atoms with Crippen LogP contribution in [-0.2, 0) is 4.79 Å². The molecule has 7 nitrogen and oxygen atoms in total. The van der Waals surface area contributed by atoms with Gasteiger partial charge in [0.25, 0.3) is 11.8 Å². The average molecular weight is 373 g/mol. The van der Waals surface area contributed by atoms with Crippen molar-refractivity contribution in [3.05, 3.63) is 58.8 Å². The predicted octanol–water partition coefficient (Wildman–Crippen LogP) is 2.04. The second-order valence-electron chi connectivity index (χ2n) is 4.95. The van der Waals surface area contributed by atoms with E-state index < -0.39 is 11.8 Å². The lowest BCUT2D eigenvalue weighted by Gasteiger charge is -2.15. The molecule has 3 N–H and O–H groups in total. The van der Waals surface area contributed by atoms with Gasteiger partial charge in [-0.2, -0.15) is 5.01 Å². The van der Waals surface area contributed by atoms with Crippen molar-refractivity contribution in [2.24, 2.45) is 0 Å². The molecule has 1 aromatic carbocycles. The first kappa shape index (κ1) is 16.9. The summed E-state index contributed by atoms with van der Waals surface area (Å²) in [6.45, 7) is 0. The van der Waals surface area contributed by atoms with Crippen molar-refractivity contribution in [2.45, 2.75) is 0 Å². The van der Waals surface area contributed by atoms with Gasteiger partial charge in [0.15, 0.2) is 15.8 Å². The number of hydrogen-bond donors (Lipinski definition) is 3. The molecule has 0 radical (unpaired) electrons. The van der Waals surface area contributed by atoms with E-state index >= 15 is 0 Å². The van der Waals surface area contributed by atoms with E-state index in [4.69, 9.17) is 12.2 Å². The van der Waals surface area contributed by atoms with Crippen LogP contribution >= 0.6 is 24.0 Å². The number of phenolic OH excluding ortho intramolecular Hbond substituents is 2. The summed E-state index contributed by atoms with van der Waals surface area (Å²) in [6.07, 6.45) is 4.42. The third kappa shape index (κ3) is 3.62. The van der Waals surface area contributed by atoms with Crippen LogP contribution in [0.15, 0.2) is 47.6 Å². The summed E-state index contributed by atoms with van der Waals surface area (Å²) in [4.78, 5) is 28.7. The first-order valence-electron chi connectivity index (χ1n) is 6.96. The van der Waals surface area contributed by atoms with Gasteiger partial charge in [0.1, 0.15) is 0 Å². The van der Waals surface area contributed by atoms with Gasteiger partial charge >= 0.3 is 0 Å². The molecular formula is C16H11N3O4S2. The van der Waals surface area contributed by atoms with E-state index in [0.717, 1.165) is 16.8 Å². The maximum atomic E-state index is 12.4. The molecule has 0 spiro atoms. The van der Waals surface area contributed by atoms with Gasteiger partial charge in [-0.3, -0.25) is 20.0 Å².